The number of halogens is 3. The molecule has 2 rings (SSSR count). The molecule has 9 heteroatoms. The number of benzene rings is 1. The van der Waals surface area contributed by atoms with Crippen LogP contribution in [-0.2, 0) is 28.9 Å². The summed E-state index contributed by atoms with van der Waals surface area (Å²) in [4.78, 5) is 35.4. The van der Waals surface area contributed by atoms with Crippen LogP contribution >= 0.6 is 0 Å². The van der Waals surface area contributed by atoms with Gasteiger partial charge in [-0.15, -0.1) is 0 Å². The van der Waals surface area contributed by atoms with Crippen LogP contribution in [0, 0.1) is 5.92 Å². The number of anilines is 1. The zero-order chi connectivity index (χ0) is 20.9. The first kappa shape index (κ1) is 21.2. The second-order valence-corrected chi connectivity index (χ2v) is 6.47. The van der Waals surface area contributed by atoms with Gasteiger partial charge in [0.1, 0.15) is 12.1 Å². The largest absolute Gasteiger partial charge is 0.421 e. The summed E-state index contributed by atoms with van der Waals surface area (Å²) < 4.78 is 39.0. The van der Waals surface area contributed by atoms with Crippen molar-refractivity contribution in [2.45, 2.75) is 33.1 Å². The Morgan fingerprint density at radius 1 is 1.11 bits per heavy atom. The minimum absolute atomic E-state index is 0.118. The highest BCUT2D eigenvalue weighted by atomic mass is 19.4. The third-order valence-corrected chi connectivity index (χ3v) is 3.88. The molecule has 0 saturated heterocycles. The molecule has 0 aliphatic rings. The van der Waals surface area contributed by atoms with Crippen molar-refractivity contribution in [3.8, 4) is 0 Å². The average Bonchev–Trinajstić information content (AvgIpc) is 2.61. The number of pyridine rings is 1. The Morgan fingerprint density at radius 2 is 1.75 bits per heavy atom. The molecule has 0 spiro atoms. The van der Waals surface area contributed by atoms with Gasteiger partial charge < -0.3 is 15.2 Å². The molecular formula is C19H20F3N3O3. The maximum Gasteiger partial charge on any atom is 0.421 e. The highest BCUT2D eigenvalue weighted by Gasteiger charge is 2.34. The van der Waals surface area contributed by atoms with E-state index in [4.69, 9.17) is 0 Å². The third-order valence-electron chi connectivity index (χ3n) is 3.88. The second-order valence-electron chi connectivity index (χ2n) is 6.47. The topological polar surface area (TPSA) is 80.2 Å². The zero-order valence-corrected chi connectivity index (χ0v) is 15.3. The normalized spacial score (nSPS) is 11.4. The lowest BCUT2D eigenvalue weighted by molar-refractivity contribution is -0.139. The molecule has 0 saturated carbocycles. The van der Waals surface area contributed by atoms with Crippen LogP contribution < -0.4 is 16.2 Å². The van der Waals surface area contributed by atoms with E-state index in [9.17, 15) is 27.6 Å². The summed E-state index contributed by atoms with van der Waals surface area (Å²) in [6, 6.07) is 8.51. The second kappa shape index (κ2) is 8.73. The fourth-order valence-corrected chi connectivity index (χ4v) is 2.28. The summed E-state index contributed by atoms with van der Waals surface area (Å²) in [5.74, 6) is -0.871. The van der Waals surface area contributed by atoms with E-state index in [1.54, 1.807) is 38.1 Å². The molecule has 0 radical (unpaired) electrons. The van der Waals surface area contributed by atoms with E-state index in [0.717, 1.165) is 17.8 Å². The van der Waals surface area contributed by atoms with Gasteiger partial charge in [0.25, 0.3) is 5.56 Å². The summed E-state index contributed by atoms with van der Waals surface area (Å²) in [7, 11) is 0. The van der Waals surface area contributed by atoms with Crippen LogP contribution in [0.4, 0.5) is 18.9 Å². The highest BCUT2D eigenvalue weighted by molar-refractivity contribution is 5.92. The molecule has 28 heavy (non-hydrogen) atoms. The van der Waals surface area contributed by atoms with Crippen molar-refractivity contribution in [3.05, 3.63) is 64.1 Å². The molecule has 0 aliphatic heterocycles. The first-order chi connectivity index (χ1) is 13.1. The van der Waals surface area contributed by atoms with Crippen LogP contribution in [0.1, 0.15) is 25.0 Å². The molecule has 6 nitrogen and oxygen atoms in total. The maximum absolute atomic E-state index is 12.8. The van der Waals surface area contributed by atoms with E-state index in [1.807, 2.05) is 0 Å². The van der Waals surface area contributed by atoms with Gasteiger partial charge in [0.15, 0.2) is 0 Å². The number of aromatic nitrogens is 1. The van der Waals surface area contributed by atoms with E-state index in [1.165, 1.54) is 0 Å². The van der Waals surface area contributed by atoms with Gasteiger partial charge in [0, 0.05) is 24.3 Å². The molecule has 2 N–H and O–H groups in total. The number of hydrogen-bond donors (Lipinski definition) is 2. The van der Waals surface area contributed by atoms with Crippen LogP contribution in [0.2, 0.25) is 0 Å². The average molecular weight is 395 g/mol. The molecule has 0 aliphatic carbocycles. The van der Waals surface area contributed by atoms with Crippen molar-refractivity contribution in [2.24, 2.45) is 5.92 Å². The first-order valence-electron chi connectivity index (χ1n) is 8.51. The Balaban J connectivity index is 1.95. The number of amides is 2. The lowest BCUT2D eigenvalue weighted by Gasteiger charge is -2.11. The van der Waals surface area contributed by atoms with Gasteiger partial charge >= 0.3 is 6.18 Å². The van der Waals surface area contributed by atoms with E-state index in [0.29, 0.717) is 16.3 Å². The quantitative estimate of drug-likeness (QED) is 0.789. The molecule has 0 unspecified atom stereocenters. The number of nitrogens with one attached hydrogen (secondary N) is 2. The van der Waals surface area contributed by atoms with Gasteiger partial charge in [-0.2, -0.15) is 13.2 Å². The number of carbonyl (C=O) groups excluding carboxylic acids is 2. The summed E-state index contributed by atoms with van der Waals surface area (Å²) in [5, 5.41) is 5.28. The minimum atomic E-state index is -4.77. The van der Waals surface area contributed by atoms with Gasteiger partial charge in [-0.05, 0) is 29.8 Å². The Morgan fingerprint density at radius 3 is 2.32 bits per heavy atom. The number of alkyl halides is 3. The molecule has 1 aromatic carbocycles. The van der Waals surface area contributed by atoms with Crippen LogP contribution in [0.3, 0.4) is 0 Å². The van der Waals surface area contributed by atoms with E-state index in [-0.39, 0.29) is 18.4 Å². The SMILES string of the molecule is CC(C)C(=O)Nc1ccc(CNC(=O)Cn2cccc(C(F)(F)F)c2=O)cc1. The Hall–Kier alpha value is -3.10. The van der Waals surface area contributed by atoms with Crippen LogP contribution in [0.15, 0.2) is 47.4 Å². The predicted octanol–water partition coefficient (Wildman–Crippen LogP) is 2.78. The monoisotopic (exact) mass is 395 g/mol. The zero-order valence-electron chi connectivity index (χ0n) is 15.3. The van der Waals surface area contributed by atoms with E-state index >= 15 is 0 Å². The van der Waals surface area contributed by atoms with Crippen molar-refractivity contribution in [1.82, 2.24) is 9.88 Å². The molecule has 0 fully saturated rings. The van der Waals surface area contributed by atoms with Crippen LogP contribution in [0.5, 0.6) is 0 Å². The van der Waals surface area contributed by atoms with E-state index < -0.39 is 29.8 Å². The van der Waals surface area contributed by atoms with Crippen LogP contribution in [-0.4, -0.2) is 16.4 Å². The Labute approximate surface area is 159 Å². The molecule has 0 bridgehead atoms. The molecule has 1 heterocycles. The van der Waals surface area contributed by atoms with Gasteiger partial charge in [-0.1, -0.05) is 26.0 Å². The summed E-state index contributed by atoms with van der Waals surface area (Å²) in [6.45, 7) is 3.15. The third kappa shape index (κ3) is 5.70. The van der Waals surface area contributed by atoms with Crippen molar-refractivity contribution in [1.29, 1.82) is 0 Å². The molecule has 1 aromatic heterocycles. The lowest BCUT2D eigenvalue weighted by Crippen LogP contribution is -2.34. The van der Waals surface area contributed by atoms with Gasteiger partial charge in [0.2, 0.25) is 11.8 Å². The van der Waals surface area contributed by atoms with Gasteiger partial charge in [-0.3, -0.25) is 14.4 Å². The number of carbonyl (C=O) groups is 2. The van der Waals surface area contributed by atoms with Crippen molar-refractivity contribution < 1.29 is 22.8 Å². The van der Waals surface area contributed by atoms with Crippen molar-refractivity contribution >= 4 is 17.5 Å². The Bertz CT molecular complexity index is 903. The number of nitrogens with zero attached hydrogens (tertiary/aromatic N) is 1. The minimum Gasteiger partial charge on any atom is -0.350 e. The fraction of sp³-hybridized carbons (Fsp3) is 0.316. The predicted molar refractivity (Wildman–Crippen MR) is 97.5 cm³/mol. The summed E-state index contributed by atoms with van der Waals surface area (Å²) in [5.41, 5.74) is -1.24. The molecular weight excluding hydrogens is 375 g/mol. The van der Waals surface area contributed by atoms with Gasteiger partial charge in [0.05, 0.1) is 0 Å². The number of rotatable bonds is 6. The van der Waals surface area contributed by atoms with Crippen molar-refractivity contribution in [3.63, 3.8) is 0 Å². The molecule has 150 valence electrons. The smallest absolute Gasteiger partial charge is 0.350 e. The lowest BCUT2D eigenvalue weighted by atomic mass is 10.1. The highest BCUT2D eigenvalue weighted by Crippen LogP contribution is 2.25. The van der Waals surface area contributed by atoms with Gasteiger partial charge in [-0.25, -0.2) is 0 Å². The van der Waals surface area contributed by atoms with E-state index in [2.05, 4.69) is 10.6 Å². The summed E-state index contributed by atoms with van der Waals surface area (Å²) in [6.07, 6.45) is -3.65. The molecule has 2 aromatic rings. The fourth-order valence-electron chi connectivity index (χ4n) is 2.28. The molecule has 0 atom stereocenters. The summed E-state index contributed by atoms with van der Waals surface area (Å²) >= 11 is 0. The number of hydrogen-bond acceptors (Lipinski definition) is 3. The standard InChI is InChI=1S/C19H20F3N3O3/c1-12(2)17(27)24-14-7-5-13(6-8-14)10-23-16(26)11-25-9-3-4-15(18(25)28)19(20,21)22/h3-9,12H,10-11H2,1-2H3,(H,23,26)(H,24,27). The maximum atomic E-state index is 12.8. The molecule has 2 amide bonds. The van der Waals surface area contributed by atoms with Crippen LogP contribution in [0.25, 0.3) is 0 Å². The first-order valence-corrected chi connectivity index (χ1v) is 8.51. The van der Waals surface area contributed by atoms with Crippen molar-refractivity contribution in [2.75, 3.05) is 5.32 Å². The Kier molecular flexibility index (Phi) is 6.61.